The minimum absolute atomic E-state index is 0.623. The smallest absolute Gasteiger partial charge is 0.0470 e. The Kier molecular flexibility index (Phi) is 2.31. The molecule has 0 aromatic heterocycles. The molecule has 1 aromatic carbocycles. The zero-order valence-corrected chi connectivity index (χ0v) is 7.92. The Bertz CT molecular complexity index is 268. The predicted molar refractivity (Wildman–Crippen MR) is 50.3 cm³/mol. The summed E-state index contributed by atoms with van der Waals surface area (Å²) < 4.78 is 0. The summed E-state index contributed by atoms with van der Waals surface area (Å²) in [5.41, 5.74) is 8.19. The highest BCUT2D eigenvalue weighted by atomic mass is 35.5. The van der Waals surface area contributed by atoms with Crippen LogP contribution in [0.25, 0.3) is 0 Å². The fourth-order valence-electron chi connectivity index (χ4n) is 0.866. The van der Waals surface area contributed by atoms with Crippen LogP contribution in [0.3, 0.4) is 0 Å². The van der Waals surface area contributed by atoms with Crippen molar-refractivity contribution in [3.8, 4) is 0 Å². The highest BCUT2D eigenvalue weighted by Crippen LogP contribution is 2.30. The second-order valence-corrected chi connectivity index (χ2v) is 3.32. The number of halogens is 2. The molecule has 11 heavy (non-hydrogen) atoms. The number of nitrogen functional groups attached to an aromatic ring is 1. The van der Waals surface area contributed by atoms with Crippen LogP contribution >= 0.6 is 23.2 Å². The standard InChI is InChI=1S/C8H9Cl2N/c1-4-6(9)3-7(10)5(2)8(4)11/h3H,11H2,1-2H3. The van der Waals surface area contributed by atoms with Gasteiger partial charge in [0.2, 0.25) is 0 Å². The summed E-state index contributed by atoms with van der Waals surface area (Å²) in [6.45, 7) is 3.75. The molecule has 0 atom stereocenters. The van der Waals surface area contributed by atoms with Gasteiger partial charge in [0, 0.05) is 15.7 Å². The molecule has 0 bridgehead atoms. The van der Waals surface area contributed by atoms with Crippen LogP contribution in [-0.2, 0) is 0 Å². The highest BCUT2D eigenvalue weighted by molar-refractivity contribution is 6.36. The summed E-state index contributed by atoms with van der Waals surface area (Å²) in [7, 11) is 0. The Morgan fingerprint density at radius 1 is 1.09 bits per heavy atom. The summed E-state index contributed by atoms with van der Waals surface area (Å²) in [4.78, 5) is 0. The quantitative estimate of drug-likeness (QED) is 0.624. The van der Waals surface area contributed by atoms with Crippen molar-refractivity contribution in [2.24, 2.45) is 0 Å². The van der Waals surface area contributed by atoms with E-state index in [0.717, 1.165) is 11.1 Å². The molecule has 0 heterocycles. The number of anilines is 1. The third-order valence-electron chi connectivity index (χ3n) is 1.78. The van der Waals surface area contributed by atoms with E-state index in [9.17, 15) is 0 Å². The van der Waals surface area contributed by atoms with E-state index >= 15 is 0 Å². The molecule has 0 fully saturated rings. The first-order valence-corrected chi connectivity index (χ1v) is 4.00. The first-order chi connectivity index (χ1) is 5.04. The third kappa shape index (κ3) is 1.44. The zero-order chi connectivity index (χ0) is 8.59. The Balaban J connectivity index is 3.46. The Labute approximate surface area is 76.1 Å². The van der Waals surface area contributed by atoms with E-state index in [-0.39, 0.29) is 0 Å². The van der Waals surface area contributed by atoms with Gasteiger partial charge in [0.1, 0.15) is 0 Å². The van der Waals surface area contributed by atoms with E-state index in [2.05, 4.69) is 0 Å². The SMILES string of the molecule is Cc1c(Cl)cc(Cl)c(C)c1N. The lowest BCUT2D eigenvalue weighted by atomic mass is 10.1. The van der Waals surface area contributed by atoms with E-state index in [1.165, 1.54) is 0 Å². The molecule has 2 N–H and O–H groups in total. The second kappa shape index (κ2) is 2.92. The molecule has 0 radical (unpaired) electrons. The van der Waals surface area contributed by atoms with Crippen LogP contribution in [0.4, 0.5) is 5.69 Å². The Morgan fingerprint density at radius 3 is 1.82 bits per heavy atom. The van der Waals surface area contributed by atoms with Gasteiger partial charge in [0.25, 0.3) is 0 Å². The molecule has 0 unspecified atom stereocenters. The van der Waals surface area contributed by atoms with Crippen LogP contribution in [0.15, 0.2) is 6.07 Å². The van der Waals surface area contributed by atoms with Gasteiger partial charge in [0.15, 0.2) is 0 Å². The van der Waals surface area contributed by atoms with Crippen molar-refractivity contribution in [3.05, 3.63) is 27.2 Å². The molecular weight excluding hydrogens is 181 g/mol. The molecule has 0 saturated carbocycles. The molecule has 0 aliphatic carbocycles. The van der Waals surface area contributed by atoms with Crippen molar-refractivity contribution in [3.63, 3.8) is 0 Å². The zero-order valence-electron chi connectivity index (χ0n) is 6.41. The van der Waals surface area contributed by atoms with Crippen LogP contribution in [0, 0.1) is 13.8 Å². The largest absolute Gasteiger partial charge is 0.398 e. The maximum Gasteiger partial charge on any atom is 0.0470 e. The molecule has 0 aliphatic rings. The Hall–Kier alpha value is -0.400. The van der Waals surface area contributed by atoms with Crippen LogP contribution in [0.1, 0.15) is 11.1 Å². The number of nitrogens with two attached hydrogens (primary N) is 1. The van der Waals surface area contributed by atoms with Gasteiger partial charge in [0.05, 0.1) is 0 Å². The van der Waals surface area contributed by atoms with Crippen molar-refractivity contribution in [1.82, 2.24) is 0 Å². The summed E-state index contributed by atoms with van der Waals surface area (Å²) in [6, 6.07) is 1.71. The lowest BCUT2D eigenvalue weighted by molar-refractivity contribution is 1.39. The minimum Gasteiger partial charge on any atom is -0.398 e. The fourth-order valence-corrected chi connectivity index (χ4v) is 1.34. The molecule has 60 valence electrons. The third-order valence-corrected chi connectivity index (χ3v) is 2.56. The number of hydrogen-bond donors (Lipinski definition) is 1. The van der Waals surface area contributed by atoms with E-state index in [1.807, 2.05) is 13.8 Å². The van der Waals surface area contributed by atoms with Gasteiger partial charge in [-0.05, 0) is 31.0 Å². The molecule has 1 rings (SSSR count). The predicted octanol–water partition coefficient (Wildman–Crippen LogP) is 3.19. The summed E-state index contributed by atoms with van der Waals surface area (Å²) >= 11 is 11.7. The average molecular weight is 190 g/mol. The van der Waals surface area contributed by atoms with Gasteiger partial charge in [-0.3, -0.25) is 0 Å². The van der Waals surface area contributed by atoms with Crippen molar-refractivity contribution in [2.45, 2.75) is 13.8 Å². The lowest BCUT2D eigenvalue weighted by Gasteiger charge is -2.07. The highest BCUT2D eigenvalue weighted by Gasteiger charge is 2.06. The molecular formula is C8H9Cl2N. The molecule has 0 amide bonds. The maximum atomic E-state index is 5.83. The lowest BCUT2D eigenvalue weighted by Crippen LogP contribution is -1.94. The summed E-state index contributed by atoms with van der Waals surface area (Å²) in [5, 5.41) is 1.25. The second-order valence-electron chi connectivity index (χ2n) is 2.50. The first-order valence-electron chi connectivity index (χ1n) is 3.24. The molecule has 0 aliphatic heterocycles. The molecule has 3 heteroatoms. The topological polar surface area (TPSA) is 26.0 Å². The molecule has 1 nitrogen and oxygen atoms in total. The average Bonchev–Trinajstić information content (AvgIpc) is 1.97. The van der Waals surface area contributed by atoms with Crippen LogP contribution in [0.2, 0.25) is 10.0 Å². The van der Waals surface area contributed by atoms with E-state index in [0.29, 0.717) is 15.7 Å². The van der Waals surface area contributed by atoms with Crippen molar-refractivity contribution < 1.29 is 0 Å². The van der Waals surface area contributed by atoms with Crippen LogP contribution in [-0.4, -0.2) is 0 Å². The number of hydrogen-bond acceptors (Lipinski definition) is 1. The van der Waals surface area contributed by atoms with Crippen LogP contribution < -0.4 is 5.73 Å². The monoisotopic (exact) mass is 189 g/mol. The van der Waals surface area contributed by atoms with Crippen molar-refractivity contribution in [1.29, 1.82) is 0 Å². The van der Waals surface area contributed by atoms with E-state index in [1.54, 1.807) is 6.07 Å². The molecule has 1 aromatic rings. The maximum absolute atomic E-state index is 5.83. The van der Waals surface area contributed by atoms with Gasteiger partial charge in [-0.2, -0.15) is 0 Å². The Morgan fingerprint density at radius 2 is 1.45 bits per heavy atom. The van der Waals surface area contributed by atoms with Gasteiger partial charge in [-0.15, -0.1) is 0 Å². The minimum atomic E-state index is 0.623. The van der Waals surface area contributed by atoms with Gasteiger partial charge in [-0.25, -0.2) is 0 Å². The van der Waals surface area contributed by atoms with Crippen LogP contribution in [0.5, 0.6) is 0 Å². The van der Waals surface area contributed by atoms with Crippen molar-refractivity contribution >= 4 is 28.9 Å². The summed E-state index contributed by atoms with van der Waals surface area (Å²) in [6.07, 6.45) is 0. The molecule has 0 saturated heterocycles. The number of rotatable bonds is 0. The number of benzene rings is 1. The van der Waals surface area contributed by atoms with Gasteiger partial charge < -0.3 is 5.73 Å². The van der Waals surface area contributed by atoms with Gasteiger partial charge >= 0.3 is 0 Å². The normalized spacial score (nSPS) is 10.2. The summed E-state index contributed by atoms with van der Waals surface area (Å²) in [5.74, 6) is 0. The molecule has 0 spiro atoms. The van der Waals surface area contributed by atoms with Crippen molar-refractivity contribution in [2.75, 3.05) is 5.73 Å². The van der Waals surface area contributed by atoms with Gasteiger partial charge in [-0.1, -0.05) is 23.2 Å². The first kappa shape index (κ1) is 8.69. The van der Waals surface area contributed by atoms with E-state index < -0.39 is 0 Å². The van der Waals surface area contributed by atoms with E-state index in [4.69, 9.17) is 28.9 Å². The fraction of sp³-hybridized carbons (Fsp3) is 0.250.